The van der Waals surface area contributed by atoms with Gasteiger partial charge in [-0.05, 0) is 36.8 Å². The average Bonchev–Trinajstić information content (AvgIpc) is 3.12. The molecule has 3 rings (SSSR count). The maximum atomic E-state index is 13.6. The van der Waals surface area contributed by atoms with Crippen LogP contribution in [-0.2, 0) is 6.42 Å². The molecule has 5 nitrogen and oxygen atoms in total. The quantitative estimate of drug-likeness (QED) is 0.546. The van der Waals surface area contributed by atoms with Crippen LogP contribution in [0.1, 0.15) is 41.9 Å². The van der Waals surface area contributed by atoms with Crippen LogP contribution in [0.4, 0.5) is 8.78 Å². The minimum Gasteiger partial charge on any atom is -0.332 e. The number of aromatic nitrogens is 3. The van der Waals surface area contributed by atoms with Gasteiger partial charge in [0.15, 0.2) is 11.6 Å². The van der Waals surface area contributed by atoms with Crippen LogP contribution in [0.5, 0.6) is 0 Å². The SMILES string of the molecule is CCc1nc(C(=O)N(C)C(C)c2ccc(F)c(F)c2)nn1-c1c(Cl)cccc1Cl. The lowest BCUT2D eigenvalue weighted by Crippen LogP contribution is -2.30. The van der Waals surface area contributed by atoms with Gasteiger partial charge in [0.2, 0.25) is 5.82 Å². The second-order valence-electron chi connectivity index (χ2n) is 6.45. The maximum absolute atomic E-state index is 13.6. The molecule has 0 spiro atoms. The van der Waals surface area contributed by atoms with Gasteiger partial charge in [-0.3, -0.25) is 4.79 Å². The molecule has 9 heteroatoms. The fourth-order valence-electron chi connectivity index (χ4n) is 2.86. The summed E-state index contributed by atoms with van der Waals surface area (Å²) in [6, 6.07) is 8.04. The molecule has 0 N–H and O–H groups in total. The van der Waals surface area contributed by atoms with E-state index in [2.05, 4.69) is 10.1 Å². The summed E-state index contributed by atoms with van der Waals surface area (Å²) in [4.78, 5) is 18.6. The molecule has 1 atom stereocenters. The largest absolute Gasteiger partial charge is 0.332 e. The minimum atomic E-state index is -0.973. The molecular formula is C20H18Cl2F2N4O. The smallest absolute Gasteiger partial charge is 0.293 e. The molecule has 0 aliphatic heterocycles. The molecule has 0 fully saturated rings. The Labute approximate surface area is 176 Å². The van der Waals surface area contributed by atoms with Gasteiger partial charge in [0.25, 0.3) is 5.91 Å². The molecule has 0 aliphatic carbocycles. The number of aryl methyl sites for hydroxylation is 1. The van der Waals surface area contributed by atoms with Crippen LogP contribution in [-0.4, -0.2) is 32.6 Å². The predicted molar refractivity (Wildman–Crippen MR) is 108 cm³/mol. The monoisotopic (exact) mass is 438 g/mol. The van der Waals surface area contributed by atoms with Gasteiger partial charge in [-0.25, -0.2) is 18.4 Å². The highest BCUT2D eigenvalue weighted by Crippen LogP contribution is 2.29. The first kappa shape index (κ1) is 21.2. The number of rotatable bonds is 5. The van der Waals surface area contributed by atoms with Crippen molar-refractivity contribution in [2.45, 2.75) is 26.3 Å². The molecule has 1 heterocycles. The van der Waals surface area contributed by atoms with Crippen molar-refractivity contribution in [2.24, 2.45) is 0 Å². The van der Waals surface area contributed by atoms with E-state index in [-0.39, 0.29) is 5.82 Å². The van der Waals surface area contributed by atoms with E-state index in [1.807, 2.05) is 6.92 Å². The number of carbonyl (C=O) groups excluding carboxylic acids is 1. The third-order valence-corrected chi connectivity index (χ3v) is 5.27. The summed E-state index contributed by atoms with van der Waals surface area (Å²) in [5.41, 5.74) is 0.889. The fraction of sp³-hybridized carbons (Fsp3) is 0.250. The molecule has 1 aromatic heterocycles. The summed E-state index contributed by atoms with van der Waals surface area (Å²) in [7, 11) is 1.54. The molecule has 0 radical (unpaired) electrons. The zero-order valence-corrected chi connectivity index (χ0v) is 17.5. The van der Waals surface area contributed by atoms with Gasteiger partial charge in [0.05, 0.1) is 16.1 Å². The summed E-state index contributed by atoms with van der Waals surface area (Å²) < 4.78 is 28.2. The van der Waals surface area contributed by atoms with Gasteiger partial charge in [-0.15, -0.1) is 5.10 Å². The van der Waals surface area contributed by atoms with E-state index in [0.717, 1.165) is 12.1 Å². The van der Waals surface area contributed by atoms with Gasteiger partial charge in [-0.1, -0.05) is 42.3 Å². The normalized spacial score (nSPS) is 12.1. The van der Waals surface area contributed by atoms with Crippen molar-refractivity contribution in [1.82, 2.24) is 19.7 Å². The second-order valence-corrected chi connectivity index (χ2v) is 7.27. The Hall–Kier alpha value is -2.51. The van der Waals surface area contributed by atoms with Crippen LogP contribution < -0.4 is 0 Å². The van der Waals surface area contributed by atoms with E-state index < -0.39 is 23.6 Å². The molecular weight excluding hydrogens is 421 g/mol. The average molecular weight is 439 g/mol. The first-order valence-electron chi connectivity index (χ1n) is 8.87. The Morgan fingerprint density at radius 2 is 1.83 bits per heavy atom. The van der Waals surface area contributed by atoms with E-state index in [1.54, 1.807) is 32.2 Å². The summed E-state index contributed by atoms with van der Waals surface area (Å²) in [5, 5.41) is 5.06. The topological polar surface area (TPSA) is 51.0 Å². The van der Waals surface area contributed by atoms with Crippen molar-refractivity contribution >= 4 is 29.1 Å². The van der Waals surface area contributed by atoms with Crippen LogP contribution in [0.15, 0.2) is 36.4 Å². The van der Waals surface area contributed by atoms with Gasteiger partial charge >= 0.3 is 0 Å². The molecule has 3 aromatic rings. The summed E-state index contributed by atoms with van der Waals surface area (Å²) in [6.07, 6.45) is 0.490. The third kappa shape index (κ3) is 4.11. The number of para-hydroxylation sites is 1. The summed E-state index contributed by atoms with van der Waals surface area (Å²) in [5.74, 6) is -1.93. The molecule has 152 valence electrons. The molecule has 0 saturated carbocycles. The van der Waals surface area contributed by atoms with E-state index in [4.69, 9.17) is 23.2 Å². The van der Waals surface area contributed by atoms with Gasteiger partial charge in [0.1, 0.15) is 11.5 Å². The highest BCUT2D eigenvalue weighted by molar-refractivity contribution is 6.37. The molecule has 0 aliphatic rings. The molecule has 29 heavy (non-hydrogen) atoms. The Balaban J connectivity index is 1.95. The van der Waals surface area contributed by atoms with Gasteiger partial charge in [0, 0.05) is 13.5 Å². The summed E-state index contributed by atoms with van der Waals surface area (Å²) >= 11 is 12.5. The number of nitrogens with zero attached hydrogens (tertiary/aromatic N) is 4. The number of halogens is 4. The lowest BCUT2D eigenvalue weighted by Gasteiger charge is -2.24. The molecule has 0 bridgehead atoms. The lowest BCUT2D eigenvalue weighted by molar-refractivity contribution is 0.0730. The zero-order chi connectivity index (χ0) is 21.3. The standard InChI is InChI=1S/C20H18Cl2F2N4O/c1-4-17-25-19(26-28(17)18-13(21)6-5-7-14(18)22)20(29)27(3)11(2)12-8-9-15(23)16(24)10-12/h5-11H,4H2,1-3H3. The second kappa shape index (κ2) is 8.47. The van der Waals surface area contributed by atoms with Crippen molar-refractivity contribution in [3.63, 3.8) is 0 Å². The van der Waals surface area contributed by atoms with Crippen LogP contribution >= 0.6 is 23.2 Å². The molecule has 1 amide bonds. The predicted octanol–water partition coefficient (Wildman–Crippen LogP) is 5.25. The number of hydrogen-bond acceptors (Lipinski definition) is 3. The third-order valence-electron chi connectivity index (χ3n) is 4.66. The molecule has 2 aromatic carbocycles. The number of hydrogen-bond donors (Lipinski definition) is 0. The van der Waals surface area contributed by atoms with Crippen LogP contribution in [0.2, 0.25) is 10.0 Å². The Morgan fingerprint density at radius 3 is 2.41 bits per heavy atom. The van der Waals surface area contributed by atoms with Crippen LogP contribution in [0.3, 0.4) is 0 Å². The van der Waals surface area contributed by atoms with Crippen LogP contribution in [0, 0.1) is 11.6 Å². The molecule has 1 unspecified atom stereocenters. The van der Waals surface area contributed by atoms with Crippen molar-refractivity contribution in [2.75, 3.05) is 7.05 Å². The number of benzene rings is 2. The number of amides is 1. The van der Waals surface area contributed by atoms with E-state index in [1.165, 1.54) is 15.6 Å². The van der Waals surface area contributed by atoms with Gasteiger partial charge in [-0.2, -0.15) is 0 Å². The van der Waals surface area contributed by atoms with Crippen molar-refractivity contribution in [3.05, 3.63) is 75.3 Å². The first-order chi connectivity index (χ1) is 13.7. The van der Waals surface area contributed by atoms with Crippen molar-refractivity contribution in [3.8, 4) is 5.69 Å². The van der Waals surface area contributed by atoms with Crippen molar-refractivity contribution in [1.29, 1.82) is 0 Å². The van der Waals surface area contributed by atoms with E-state index >= 15 is 0 Å². The van der Waals surface area contributed by atoms with Gasteiger partial charge < -0.3 is 4.90 Å². The van der Waals surface area contributed by atoms with E-state index in [9.17, 15) is 13.6 Å². The zero-order valence-electron chi connectivity index (χ0n) is 16.0. The van der Waals surface area contributed by atoms with E-state index in [0.29, 0.717) is 33.5 Å². The number of carbonyl (C=O) groups is 1. The Bertz CT molecular complexity index is 1050. The lowest BCUT2D eigenvalue weighted by atomic mass is 10.1. The Kier molecular flexibility index (Phi) is 6.19. The highest BCUT2D eigenvalue weighted by atomic mass is 35.5. The fourth-order valence-corrected chi connectivity index (χ4v) is 3.42. The van der Waals surface area contributed by atoms with Crippen LogP contribution in [0.25, 0.3) is 5.69 Å². The highest BCUT2D eigenvalue weighted by Gasteiger charge is 2.25. The first-order valence-corrected chi connectivity index (χ1v) is 9.62. The Morgan fingerprint density at radius 1 is 1.17 bits per heavy atom. The summed E-state index contributed by atoms with van der Waals surface area (Å²) in [6.45, 7) is 3.57. The maximum Gasteiger partial charge on any atom is 0.293 e. The van der Waals surface area contributed by atoms with Crippen molar-refractivity contribution < 1.29 is 13.6 Å². The molecule has 0 saturated heterocycles. The minimum absolute atomic E-state index is 0.0465.